The number of sulfonamides is 1. The molecule has 0 bridgehead atoms. The second kappa shape index (κ2) is 7.25. The number of rotatable bonds is 5. The molecular formula is C11H14N2O4S2. The van der Waals surface area contributed by atoms with Crippen molar-refractivity contribution in [2.45, 2.75) is 0 Å². The minimum atomic E-state index is -3.23. The summed E-state index contributed by atoms with van der Waals surface area (Å²) in [7, 11) is -3.23. The minimum Gasteiger partial charge on any atom is -0.384 e. The first kappa shape index (κ1) is 15.7. The summed E-state index contributed by atoms with van der Waals surface area (Å²) >= 11 is 1.21. The van der Waals surface area contributed by atoms with Crippen molar-refractivity contribution in [1.29, 1.82) is 0 Å². The number of hydrogen-bond donors (Lipinski definition) is 3. The molecule has 0 aromatic carbocycles. The zero-order valence-electron chi connectivity index (χ0n) is 10.3. The predicted octanol–water partition coefficient (Wildman–Crippen LogP) is -0.629. The highest BCUT2D eigenvalue weighted by atomic mass is 32.2. The van der Waals surface area contributed by atoms with Crippen molar-refractivity contribution < 1.29 is 18.3 Å². The number of hydrogen-bond acceptors (Lipinski definition) is 5. The second-order valence-electron chi connectivity index (χ2n) is 3.55. The van der Waals surface area contributed by atoms with Gasteiger partial charge < -0.3 is 10.4 Å². The largest absolute Gasteiger partial charge is 0.384 e. The van der Waals surface area contributed by atoms with Gasteiger partial charge in [0.1, 0.15) is 6.61 Å². The van der Waals surface area contributed by atoms with Crippen molar-refractivity contribution in [2.75, 3.05) is 26.0 Å². The van der Waals surface area contributed by atoms with Gasteiger partial charge in [0.25, 0.3) is 5.91 Å². The third-order valence-corrected chi connectivity index (χ3v) is 3.62. The molecule has 0 aliphatic rings. The summed E-state index contributed by atoms with van der Waals surface area (Å²) in [5.74, 6) is 4.92. The molecule has 6 nitrogen and oxygen atoms in total. The fraction of sp³-hybridized carbons (Fsp3) is 0.364. The quantitative estimate of drug-likeness (QED) is 0.498. The van der Waals surface area contributed by atoms with E-state index in [-0.39, 0.29) is 25.6 Å². The van der Waals surface area contributed by atoms with Crippen molar-refractivity contribution >= 4 is 27.3 Å². The second-order valence-corrected chi connectivity index (χ2v) is 6.46. The van der Waals surface area contributed by atoms with Crippen LogP contribution in [0, 0.1) is 11.8 Å². The van der Waals surface area contributed by atoms with E-state index in [2.05, 4.69) is 21.9 Å². The normalized spacial score (nSPS) is 10.6. The van der Waals surface area contributed by atoms with E-state index in [9.17, 15) is 13.2 Å². The van der Waals surface area contributed by atoms with Crippen molar-refractivity contribution in [2.24, 2.45) is 0 Å². The van der Waals surface area contributed by atoms with E-state index in [1.807, 2.05) is 0 Å². The molecule has 0 unspecified atom stereocenters. The lowest BCUT2D eigenvalue weighted by Crippen LogP contribution is -2.33. The van der Waals surface area contributed by atoms with Crippen LogP contribution in [0.2, 0.25) is 0 Å². The van der Waals surface area contributed by atoms with E-state index in [1.54, 1.807) is 12.1 Å². The lowest BCUT2D eigenvalue weighted by Gasteiger charge is -2.03. The molecule has 8 heteroatoms. The van der Waals surface area contributed by atoms with E-state index in [1.165, 1.54) is 11.3 Å². The number of carbonyl (C=O) groups is 1. The van der Waals surface area contributed by atoms with Gasteiger partial charge in [-0.05, 0) is 12.1 Å². The van der Waals surface area contributed by atoms with Crippen LogP contribution in [0.15, 0.2) is 12.1 Å². The molecule has 19 heavy (non-hydrogen) atoms. The maximum Gasteiger partial charge on any atom is 0.261 e. The molecule has 0 spiro atoms. The van der Waals surface area contributed by atoms with Crippen molar-refractivity contribution in [3.05, 3.63) is 21.9 Å². The molecule has 0 saturated heterocycles. The minimum absolute atomic E-state index is 0.146. The van der Waals surface area contributed by atoms with Crippen molar-refractivity contribution in [3.63, 3.8) is 0 Å². The van der Waals surface area contributed by atoms with Gasteiger partial charge in [0.2, 0.25) is 10.0 Å². The Balaban J connectivity index is 2.43. The van der Waals surface area contributed by atoms with Gasteiger partial charge >= 0.3 is 0 Å². The van der Waals surface area contributed by atoms with Gasteiger partial charge in [0.15, 0.2) is 0 Å². The molecule has 0 fully saturated rings. The van der Waals surface area contributed by atoms with Crippen LogP contribution in [0.1, 0.15) is 14.5 Å². The fourth-order valence-electron chi connectivity index (χ4n) is 1.15. The highest BCUT2D eigenvalue weighted by molar-refractivity contribution is 7.88. The smallest absolute Gasteiger partial charge is 0.261 e. The first-order valence-electron chi connectivity index (χ1n) is 5.35. The molecule has 0 aliphatic heterocycles. The van der Waals surface area contributed by atoms with Crippen LogP contribution < -0.4 is 10.0 Å². The van der Waals surface area contributed by atoms with Crippen LogP contribution in [0.4, 0.5) is 0 Å². The van der Waals surface area contributed by atoms with Crippen LogP contribution in [-0.2, 0) is 10.0 Å². The Morgan fingerprint density at radius 3 is 2.79 bits per heavy atom. The maximum absolute atomic E-state index is 11.7. The van der Waals surface area contributed by atoms with E-state index in [4.69, 9.17) is 5.11 Å². The molecule has 1 rings (SSSR count). The van der Waals surface area contributed by atoms with Gasteiger partial charge in [-0.3, -0.25) is 4.79 Å². The van der Waals surface area contributed by atoms with E-state index >= 15 is 0 Å². The number of carbonyl (C=O) groups excluding carboxylic acids is 1. The molecule has 1 amide bonds. The first-order valence-corrected chi connectivity index (χ1v) is 8.05. The highest BCUT2D eigenvalue weighted by Crippen LogP contribution is 2.14. The van der Waals surface area contributed by atoms with Crippen LogP contribution in [0.3, 0.4) is 0 Å². The van der Waals surface area contributed by atoms with Crippen LogP contribution >= 0.6 is 11.3 Å². The SMILES string of the molecule is CS(=O)(=O)NCCNC(=O)c1ccc(C#CCO)s1. The first-order chi connectivity index (χ1) is 8.92. The van der Waals surface area contributed by atoms with Crippen molar-refractivity contribution in [1.82, 2.24) is 10.0 Å². The summed E-state index contributed by atoms with van der Waals surface area (Å²) in [6.45, 7) is 0.130. The van der Waals surface area contributed by atoms with E-state index in [0.29, 0.717) is 9.75 Å². The number of amides is 1. The summed E-state index contributed by atoms with van der Waals surface area (Å²) in [5, 5.41) is 11.1. The van der Waals surface area contributed by atoms with E-state index < -0.39 is 10.0 Å². The Labute approximate surface area is 115 Å². The van der Waals surface area contributed by atoms with Crippen LogP contribution in [0.25, 0.3) is 0 Å². The Morgan fingerprint density at radius 2 is 2.16 bits per heavy atom. The molecule has 1 heterocycles. The van der Waals surface area contributed by atoms with Gasteiger partial charge in [-0.15, -0.1) is 11.3 Å². The third kappa shape index (κ3) is 6.35. The number of aliphatic hydroxyl groups excluding tert-OH is 1. The Kier molecular flexibility index (Phi) is 5.98. The van der Waals surface area contributed by atoms with Crippen LogP contribution in [-0.4, -0.2) is 45.4 Å². The molecule has 0 aliphatic carbocycles. The predicted molar refractivity (Wildman–Crippen MR) is 73.5 cm³/mol. The molecule has 1 aromatic rings. The Bertz CT molecular complexity index is 596. The summed E-state index contributed by atoms with van der Waals surface area (Å²) in [4.78, 5) is 12.9. The van der Waals surface area contributed by atoms with Crippen molar-refractivity contribution in [3.8, 4) is 11.8 Å². The molecule has 3 N–H and O–H groups in total. The Morgan fingerprint density at radius 1 is 1.42 bits per heavy atom. The standard InChI is InChI=1S/C11H14N2O4S2/c1-19(16,17)13-7-6-12-11(15)10-5-4-9(18-10)3-2-8-14/h4-5,13-14H,6-8H2,1H3,(H,12,15). The van der Waals surface area contributed by atoms with Gasteiger partial charge in [0.05, 0.1) is 16.0 Å². The Hall–Kier alpha value is -1.40. The summed E-state index contributed by atoms with van der Waals surface area (Å²) in [5.41, 5.74) is 0. The lowest BCUT2D eigenvalue weighted by molar-refractivity contribution is 0.0958. The monoisotopic (exact) mass is 302 g/mol. The van der Waals surface area contributed by atoms with Gasteiger partial charge in [-0.2, -0.15) is 0 Å². The summed E-state index contributed by atoms with van der Waals surface area (Å²) in [6.07, 6.45) is 1.06. The average molecular weight is 302 g/mol. The molecule has 104 valence electrons. The molecular weight excluding hydrogens is 288 g/mol. The van der Waals surface area contributed by atoms with Gasteiger partial charge in [-0.25, -0.2) is 13.1 Å². The zero-order chi connectivity index (χ0) is 14.3. The number of thiophene rings is 1. The average Bonchev–Trinajstić information content (AvgIpc) is 2.79. The fourth-order valence-corrected chi connectivity index (χ4v) is 2.42. The molecule has 0 saturated carbocycles. The maximum atomic E-state index is 11.7. The third-order valence-electron chi connectivity index (χ3n) is 1.90. The number of nitrogens with one attached hydrogen (secondary N) is 2. The van der Waals surface area contributed by atoms with Crippen LogP contribution in [0.5, 0.6) is 0 Å². The topological polar surface area (TPSA) is 95.5 Å². The van der Waals surface area contributed by atoms with Gasteiger partial charge in [0, 0.05) is 13.1 Å². The molecule has 0 atom stereocenters. The summed E-state index contributed by atoms with van der Waals surface area (Å²) < 4.78 is 23.9. The molecule has 0 radical (unpaired) electrons. The van der Waals surface area contributed by atoms with Gasteiger partial charge in [-0.1, -0.05) is 11.8 Å². The van der Waals surface area contributed by atoms with E-state index in [0.717, 1.165) is 6.26 Å². The number of aliphatic hydroxyl groups is 1. The lowest BCUT2D eigenvalue weighted by atomic mass is 10.4. The highest BCUT2D eigenvalue weighted by Gasteiger charge is 2.08. The zero-order valence-corrected chi connectivity index (χ0v) is 11.9. The summed E-state index contributed by atoms with van der Waals surface area (Å²) in [6, 6.07) is 3.32. The molecule has 1 aromatic heterocycles.